The zero-order chi connectivity index (χ0) is 14.5. The lowest BCUT2D eigenvalue weighted by atomic mass is 10.1. The van der Waals surface area contributed by atoms with E-state index >= 15 is 0 Å². The minimum atomic E-state index is 0.165. The van der Waals surface area contributed by atoms with Gasteiger partial charge in [0, 0.05) is 31.4 Å². The molecular formula is C14H18N4O2S. The maximum Gasteiger partial charge on any atom is 0.205 e. The van der Waals surface area contributed by atoms with Crippen molar-refractivity contribution in [1.82, 2.24) is 14.3 Å². The van der Waals surface area contributed by atoms with E-state index in [0.717, 1.165) is 42.6 Å². The molecule has 0 bridgehead atoms. The minimum Gasteiger partial charge on any atom is -0.487 e. The largest absolute Gasteiger partial charge is 0.487 e. The molecule has 3 heterocycles. The molecule has 1 atom stereocenters. The molecule has 1 aliphatic heterocycles. The van der Waals surface area contributed by atoms with Gasteiger partial charge in [-0.25, -0.2) is 4.98 Å². The van der Waals surface area contributed by atoms with E-state index in [9.17, 15) is 0 Å². The standard InChI is InChI=1S/C14H18N4O2S/c1-19-10-13-16-14(21-17-13)18-7-3-5-12(9-18)20-11-4-2-6-15-8-11/h2,4,6,8,12H,3,5,7,9-10H2,1H3. The fourth-order valence-corrected chi connectivity index (χ4v) is 3.09. The van der Waals surface area contributed by atoms with Crippen molar-refractivity contribution in [1.29, 1.82) is 0 Å². The normalized spacial score (nSPS) is 18.7. The molecule has 0 radical (unpaired) electrons. The summed E-state index contributed by atoms with van der Waals surface area (Å²) < 4.78 is 15.4. The Balaban J connectivity index is 1.62. The average Bonchev–Trinajstić information content (AvgIpc) is 2.98. The summed E-state index contributed by atoms with van der Waals surface area (Å²) in [5, 5.41) is 0.946. The van der Waals surface area contributed by atoms with Crippen molar-refractivity contribution >= 4 is 16.7 Å². The molecule has 112 valence electrons. The van der Waals surface area contributed by atoms with Crippen LogP contribution in [0.1, 0.15) is 18.7 Å². The molecule has 0 N–H and O–H groups in total. The number of anilines is 1. The fourth-order valence-electron chi connectivity index (χ4n) is 2.38. The number of hydrogen-bond donors (Lipinski definition) is 0. The summed E-state index contributed by atoms with van der Waals surface area (Å²) in [5.41, 5.74) is 0. The van der Waals surface area contributed by atoms with Crippen molar-refractivity contribution in [3.63, 3.8) is 0 Å². The summed E-state index contributed by atoms with van der Waals surface area (Å²) in [6.07, 6.45) is 5.80. The predicted molar refractivity (Wildman–Crippen MR) is 80.7 cm³/mol. The quantitative estimate of drug-likeness (QED) is 0.843. The van der Waals surface area contributed by atoms with Crippen LogP contribution in [0.25, 0.3) is 0 Å². The van der Waals surface area contributed by atoms with Crippen molar-refractivity contribution in [2.75, 3.05) is 25.1 Å². The summed E-state index contributed by atoms with van der Waals surface area (Å²) in [7, 11) is 1.65. The molecule has 6 nitrogen and oxygen atoms in total. The van der Waals surface area contributed by atoms with Gasteiger partial charge >= 0.3 is 0 Å². The van der Waals surface area contributed by atoms with Crippen LogP contribution in [0.3, 0.4) is 0 Å². The summed E-state index contributed by atoms with van der Waals surface area (Å²) in [6, 6.07) is 3.82. The van der Waals surface area contributed by atoms with E-state index in [2.05, 4.69) is 19.2 Å². The Morgan fingerprint density at radius 3 is 3.24 bits per heavy atom. The predicted octanol–water partition coefficient (Wildman–Crippen LogP) is 2.13. The molecular weight excluding hydrogens is 288 g/mol. The molecule has 0 amide bonds. The molecule has 0 aromatic carbocycles. The Morgan fingerprint density at radius 1 is 1.48 bits per heavy atom. The van der Waals surface area contributed by atoms with Crippen molar-refractivity contribution in [3.8, 4) is 5.75 Å². The summed E-state index contributed by atoms with van der Waals surface area (Å²) >= 11 is 1.42. The maximum atomic E-state index is 5.99. The summed E-state index contributed by atoms with van der Waals surface area (Å²) in [5.74, 6) is 1.56. The van der Waals surface area contributed by atoms with Crippen LogP contribution in [0.5, 0.6) is 5.75 Å². The lowest BCUT2D eigenvalue weighted by molar-refractivity contribution is 0.176. The van der Waals surface area contributed by atoms with Gasteiger partial charge in [0.05, 0.1) is 12.7 Å². The molecule has 0 spiro atoms. The molecule has 21 heavy (non-hydrogen) atoms. The summed E-state index contributed by atoms with van der Waals surface area (Å²) in [4.78, 5) is 10.8. The second-order valence-corrected chi connectivity index (χ2v) is 5.67. The van der Waals surface area contributed by atoms with E-state index in [1.807, 2.05) is 12.1 Å². The lowest BCUT2D eigenvalue weighted by Gasteiger charge is -2.32. The molecule has 0 aliphatic carbocycles. The first-order valence-electron chi connectivity index (χ1n) is 6.98. The molecule has 1 aliphatic rings. The van der Waals surface area contributed by atoms with Crippen molar-refractivity contribution < 1.29 is 9.47 Å². The first-order chi connectivity index (χ1) is 10.3. The average molecular weight is 306 g/mol. The Kier molecular flexibility index (Phi) is 4.62. The van der Waals surface area contributed by atoms with Gasteiger partial charge in [-0.1, -0.05) is 0 Å². The second-order valence-electron chi connectivity index (χ2n) is 4.94. The molecule has 1 unspecified atom stereocenters. The van der Waals surface area contributed by atoms with Gasteiger partial charge in [0.25, 0.3) is 0 Å². The first kappa shape index (κ1) is 14.2. The van der Waals surface area contributed by atoms with Gasteiger partial charge in [-0.3, -0.25) is 4.98 Å². The van der Waals surface area contributed by atoms with Gasteiger partial charge in [0.2, 0.25) is 5.13 Å². The molecule has 1 fully saturated rings. The van der Waals surface area contributed by atoms with Crippen LogP contribution in [0.2, 0.25) is 0 Å². The Hall–Kier alpha value is -1.73. The first-order valence-corrected chi connectivity index (χ1v) is 7.75. The molecule has 3 rings (SSSR count). The van der Waals surface area contributed by atoms with E-state index in [-0.39, 0.29) is 6.10 Å². The zero-order valence-electron chi connectivity index (χ0n) is 11.9. The van der Waals surface area contributed by atoms with Crippen LogP contribution in [-0.2, 0) is 11.3 Å². The molecule has 0 saturated carbocycles. The topological polar surface area (TPSA) is 60.4 Å². The van der Waals surface area contributed by atoms with Crippen LogP contribution < -0.4 is 9.64 Å². The fraction of sp³-hybridized carbons (Fsp3) is 0.500. The van der Waals surface area contributed by atoms with Crippen molar-refractivity contribution in [3.05, 3.63) is 30.4 Å². The van der Waals surface area contributed by atoms with Gasteiger partial charge in [-0.15, -0.1) is 0 Å². The zero-order valence-corrected chi connectivity index (χ0v) is 12.8. The van der Waals surface area contributed by atoms with E-state index in [4.69, 9.17) is 9.47 Å². The van der Waals surface area contributed by atoms with E-state index in [0.29, 0.717) is 6.61 Å². The van der Waals surface area contributed by atoms with Crippen LogP contribution >= 0.6 is 11.5 Å². The highest BCUT2D eigenvalue weighted by atomic mass is 32.1. The number of pyridine rings is 1. The molecule has 1 saturated heterocycles. The van der Waals surface area contributed by atoms with Crippen LogP contribution in [0.15, 0.2) is 24.5 Å². The molecule has 7 heteroatoms. The SMILES string of the molecule is COCc1nsc(N2CCCC(Oc3cccnc3)C2)n1. The molecule has 2 aromatic rings. The van der Waals surface area contributed by atoms with Crippen molar-refractivity contribution in [2.45, 2.75) is 25.6 Å². The highest BCUT2D eigenvalue weighted by Gasteiger charge is 2.24. The van der Waals surface area contributed by atoms with E-state index in [1.165, 1.54) is 11.5 Å². The Labute approximate surface area is 127 Å². The van der Waals surface area contributed by atoms with Crippen LogP contribution in [0.4, 0.5) is 5.13 Å². The van der Waals surface area contributed by atoms with Gasteiger partial charge in [0.1, 0.15) is 18.5 Å². The van der Waals surface area contributed by atoms with Crippen molar-refractivity contribution in [2.24, 2.45) is 0 Å². The number of ether oxygens (including phenoxy) is 2. The van der Waals surface area contributed by atoms with Gasteiger partial charge in [-0.2, -0.15) is 4.37 Å². The maximum absolute atomic E-state index is 5.99. The third-order valence-electron chi connectivity index (χ3n) is 3.32. The number of methoxy groups -OCH3 is 1. The van der Waals surface area contributed by atoms with Gasteiger partial charge in [0.15, 0.2) is 5.82 Å². The number of piperidine rings is 1. The van der Waals surface area contributed by atoms with Crippen LogP contribution in [-0.4, -0.2) is 40.6 Å². The minimum absolute atomic E-state index is 0.165. The van der Waals surface area contributed by atoms with E-state index in [1.54, 1.807) is 19.5 Å². The number of aromatic nitrogens is 3. The number of rotatable bonds is 5. The smallest absolute Gasteiger partial charge is 0.205 e. The summed E-state index contributed by atoms with van der Waals surface area (Å²) in [6.45, 7) is 2.28. The Bertz CT molecular complexity index is 563. The third-order valence-corrected chi connectivity index (χ3v) is 4.13. The molecule has 2 aromatic heterocycles. The second kappa shape index (κ2) is 6.82. The number of nitrogens with zero attached hydrogens (tertiary/aromatic N) is 4. The van der Waals surface area contributed by atoms with Crippen LogP contribution in [0, 0.1) is 0 Å². The third kappa shape index (κ3) is 3.68. The highest BCUT2D eigenvalue weighted by Crippen LogP contribution is 2.24. The monoisotopic (exact) mass is 306 g/mol. The van der Waals surface area contributed by atoms with Gasteiger partial charge in [-0.05, 0) is 25.0 Å². The van der Waals surface area contributed by atoms with Gasteiger partial charge < -0.3 is 14.4 Å². The lowest BCUT2D eigenvalue weighted by Crippen LogP contribution is -2.41. The van der Waals surface area contributed by atoms with E-state index < -0.39 is 0 Å². The highest BCUT2D eigenvalue weighted by molar-refractivity contribution is 7.09. The Morgan fingerprint density at radius 2 is 2.43 bits per heavy atom. The number of hydrogen-bond acceptors (Lipinski definition) is 7.